The first-order valence-electron chi connectivity index (χ1n) is 12.8. The minimum atomic E-state index is -0.0582. The molecule has 178 valence electrons. The van der Waals surface area contributed by atoms with Gasteiger partial charge < -0.3 is 9.80 Å². The number of hydrogen-bond acceptors (Lipinski definition) is 3. The molecule has 2 aliphatic rings. The maximum Gasteiger partial charge on any atom is 0.243 e. The molecule has 0 spiro atoms. The number of fused-ring (bicyclic) bond motifs is 1. The van der Waals surface area contributed by atoms with Gasteiger partial charge in [0, 0.05) is 23.9 Å². The highest BCUT2D eigenvalue weighted by molar-refractivity contribution is 7.10. The second kappa shape index (κ2) is 11.3. The van der Waals surface area contributed by atoms with Gasteiger partial charge in [-0.3, -0.25) is 9.59 Å². The summed E-state index contributed by atoms with van der Waals surface area (Å²) >= 11 is 1.79. The van der Waals surface area contributed by atoms with Crippen molar-refractivity contribution in [3.8, 4) is 0 Å². The predicted molar refractivity (Wildman–Crippen MR) is 135 cm³/mol. The molecule has 1 saturated carbocycles. The number of aryl methyl sites for hydroxylation is 1. The fraction of sp³-hybridized carbons (Fsp3) is 0.571. The molecule has 1 aromatic carbocycles. The number of benzene rings is 1. The van der Waals surface area contributed by atoms with Gasteiger partial charge in [0.05, 0.1) is 6.04 Å². The highest BCUT2D eigenvalue weighted by Crippen LogP contribution is 2.39. The Hall–Kier alpha value is -2.14. The van der Waals surface area contributed by atoms with Crippen molar-refractivity contribution in [2.24, 2.45) is 0 Å². The minimum Gasteiger partial charge on any atom is -0.330 e. The van der Waals surface area contributed by atoms with E-state index in [4.69, 9.17) is 0 Å². The van der Waals surface area contributed by atoms with E-state index < -0.39 is 0 Å². The monoisotopic (exact) mass is 466 g/mol. The van der Waals surface area contributed by atoms with Crippen LogP contribution in [0.2, 0.25) is 0 Å². The third-order valence-corrected chi connectivity index (χ3v) is 8.40. The molecule has 1 unspecified atom stereocenters. The number of rotatable bonds is 8. The van der Waals surface area contributed by atoms with Crippen molar-refractivity contribution >= 4 is 23.2 Å². The molecule has 0 N–H and O–H groups in total. The van der Waals surface area contributed by atoms with Gasteiger partial charge in [-0.2, -0.15) is 0 Å². The lowest BCUT2D eigenvalue weighted by Crippen LogP contribution is -2.50. The number of amides is 2. The Morgan fingerprint density at radius 3 is 2.61 bits per heavy atom. The van der Waals surface area contributed by atoms with E-state index in [2.05, 4.69) is 49.6 Å². The first-order chi connectivity index (χ1) is 16.1. The first-order valence-corrected chi connectivity index (χ1v) is 13.7. The second-order valence-corrected chi connectivity index (χ2v) is 10.7. The molecule has 4 rings (SSSR count). The number of unbranched alkanes of at least 4 members (excludes halogenated alkanes) is 2. The summed E-state index contributed by atoms with van der Waals surface area (Å²) in [6.45, 7) is 5.23. The Kier molecular flexibility index (Phi) is 8.24. The lowest BCUT2D eigenvalue weighted by atomic mass is 9.90. The molecule has 5 heteroatoms. The molecule has 2 aromatic rings. The zero-order valence-electron chi connectivity index (χ0n) is 20.2. The van der Waals surface area contributed by atoms with Gasteiger partial charge in [0.1, 0.15) is 6.54 Å². The van der Waals surface area contributed by atoms with Crippen LogP contribution < -0.4 is 0 Å². The highest BCUT2D eigenvalue weighted by atomic mass is 32.1. The van der Waals surface area contributed by atoms with Crippen molar-refractivity contribution in [3.05, 3.63) is 57.3 Å². The van der Waals surface area contributed by atoms with Gasteiger partial charge in [0.15, 0.2) is 0 Å². The Balaban J connectivity index is 1.58. The van der Waals surface area contributed by atoms with Crippen molar-refractivity contribution < 1.29 is 9.59 Å². The number of nitrogens with zero attached hydrogens (tertiary/aromatic N) is 2. The Bertz CT molecular complexity index is 947. The molecule has 1 aliphatic heterocycles. The van der Waals surface area contributed by atoms with Crippen LogP contribution >= 0.6 is 11.3 Å². The van der Waals surface area contributed by atoms with Crippen LogP contribution in [0.1, 0.15) is 92.3 Å². The molecule has 2 amide bonds. The van der Waals surface area contributed by atoms with Crippen molar-refractivity contribution in [3.63, 3.8) is 0 Å². The maximum absolute atomic E-state index is 13.8. The van der Waals surface area contributed by atoms with Gasteiger partial charge in [-0.1, -0.05) is 63.3 Å². The summed E-state index contributed by atoms with van der Waals surface area (Å²) in [5, 5.41) is 2.15. The molecule has 1 aromatic heterocycles. The van der Waals surface area contributed by atoms with Gasteiger partial charge in [-0.05, 0) is 60.7 Å². The normalized spacial score (nSPS) is 18.7. The molecular formula is C28H38N2O2S. The van der Waals surface area contributed by atoms with Crippen LogP contribution in [0.25, 0.3) is 0 Å². The summed E-state index contributed by atoms with van der Waals surface area (Å²) in [4.78, 5) is 32.5. The van der Waals surface area contributed by atoms with E-state index in [1.807, 2.05) is 9.80 Å². The summed E-state index contributed by atoms with van der Waals surface area (Å²) < 4.78 is 0. The van der Waals surface area contributed by atoms with Crippen LogP contribution in [0, 0.1) is 6.92 Å². The van der Waals surface area contributed by atoms with Crippen LogP contribution in [-0.2, 0) is 16.0 Å². The Labute approximate surface area is 203 Å². The van der Waals surface area contributed by atoms with Crippen LogP contribution in [0.4, 0.5) is 0 Å². The van der Waals surface area contributed by atoms with Gasteiger partial charge in [-0.25, -0.2) is 0 Å². The topological polar surface area (TPSA) is 40.6 Å². The van der Waals surface area contributed by atoms with E-state index in [0.29, 0.717) is 13.0 Å². The van der Waals surface area contributed by atoms with E-state index in [9.17, 15) is 9.59 Å². The summed E-state index contributed by atoms with van der Waals surface area (Å²) in [5.74, 6) is 0.263. The first kappa shape index (κ1) is 24.0. The number of hydrogen-bond donors (Lipinski definition) is 0. The van der Waals surface area contributed by atoms with Crippen LogP contribution in [-0.4, -0.2) is 40.7 Å². The molecule has 1 aliphatic carbocycles. The summed E-state index contributed by atoms with van der Waals surface area (Å²) in [6, 6.07) is 10.8. The maximum atomic E-state index is 13.8. The third-order valence-electron chi connectivity index (χ3n) is 7.40. The zero-order chi connectivity index (χ0) is 23.2. The molecule has 0 saturated heterocycles. The van der Waals surface area contributed by atoms with E-state index in [1.54, 1.807) is 11.3 Å². The fourth-order valence-electron chi connectivity index (χ4n) is 5.53. The average molecular weight is 467 g/mol. The molecule has 1 atom stereocenters. The third kappa shape index (κ3) is 5.51. The van der Waals surface area contributed by atoms with Crippen molar-refractivity contribution in [1.29, 1.82) is 0 Å². The second-order valence-electron chi connectivity index (χ2n) is 9.67. The van der Waals surface area contributed by atoms with E-state index >= 15 is 0 Å². The summed E-state index contributed by atoms with van der Waals surface area (Å²) in [7, 11) is 0. The van der Waals surface area contributed by atoms with Crippen LogP contribution in [0.5, 0.6) is 0 Å². The molecule has 1 fully saturated rings. The fourth-order valence-corrected chi connectivity index (χ4v) is 6.44. The highest BCUT2D eigenvalue weighted by Gasteiger charge is 2.36. The smallest absolute Gasteiger partial charge is 0.243 e. The van der Waals surface area contributed by atoms with Crippen LogP contribution in [0.3, 0.4) is 0 Å². The van der Waals surface area contributed by atoms with Crippen molar-refractivity contribution in [2.75, 3.05) is 13.1 Å². The minimum absolute atomic E-state index is 0.0582. The lowest BCUT2D eigenvalue weighted by Gasteiger charge is -2.40. The number of thiophene rings is 1. The standard InChI is InChI=1S/C28H38N2O2S/c1-3-4-6-15-26(31)30(22-12-7-5-8-13-22)20-27(32)29-18-16-25-24(17-19-33-25)28(29)23-14-10-9-11-21(23)2/h9-11,14,17,19,22,28H,3-8,12-13,15-16,18,20H2,1-2H3. The van der Waals surface area contributed by atoms with Crippen LogP contribution in [0.15, 0.2) is 35.7 Å². The molecule has 2 heterocycles. The van der Waals surface area contributed by atoms with Gasteiger partial charge in [-0.15, -0.1) is 11.3 Å². The average Bonchev–Trinajstić information content (AvgIpc) is 3.32. The van der Waals surface area contributed by atoms with Crippen molar-refractivity contribution in [1.82, 2.24) is 9.80 Å². The number of carbonyl (C=O) groups is 2. The molecule has 0 radical (unpaired) electrons. The van der Waals surface area contributed by atoms with E-state index in [1.165, 1.54) is 28.0 Å². The molecule has 33 heavy (non-hydrogen) atoms. The van der Waals surface area contributed by atoms with E-state index in [0.717, 1.165) is 51.4 Å². The molecular weight excluding hydrogens is 428 g/mol. The molecule has 4 nitrogen and oxygen atoms in total. The predicted octanol–water partition coefficient (Wildman–Crippen LogP) is 6.27. The largest absolute Gasteiger partial charge is 0.330 e. The molecule has 0 bridgehead atoms. The Morgan fingerprint density at radius 2 is 1.85 bits per heavy atom. The quantitative estimate of drug-likeness (QED) is 0.430. The number of carbonyl (C=O) groups excluding carboxylic acids is 2. The summed E-state index contributed by atoms with van der Waals surface area (Å²) in [6.07, 6.45) is 10.2. The van der Waals surface area contributed by atoms with Gasteiger partial charge in [0.2, 0.25) is 11.8 Å². The SMILES string of the molecule is CCCCCC(=O)N(CC(=O)N1CCc2sccc2C1c1ccccc1C)C1CCCCC1. The van der Waals surface area contributed by atoms with Gasteiger partial charge >= 0.3 is 0 Å². The Morgan fingerprint density at radius 1 is 1.06 bits per heavy atom. The zero-order valence-corrected chi connectivity index (χ0v) is 21.0. The van der Waals surface area contributed by atoms with E-state index in [-0.39, 0.29) is 30.4 Å². The lowest BCUT2D eigenvalue weighted by molar-refractivity contribution is -0.144. The van der Waals surface area contributed by atoms with Crippen molar-refractivity contribution in [2.45, 2.75) is 90.1 Å². The van der Waals surface area contributed by atoms with Gasteiger partial charge in [0.25, 0.3) is 0 Å². The summed E-state index contributed by atoms with van der Waals surface area (Å²) in [5.41, 5.74) is 3.66.